The number of benzene rings is 2. The van der Waals surface area contributed by atoms with Crippen LogP contribution in [0.15, 0.2) is 60.7 Å². The molecule has 4 rings (SSSR count). The quantitative estimate of drug-likeness (QED) is 0.204. The number of allylic oxidation sites excluding steroid dienone is 2. The first-order valence-electron chi connectivity index (χ1n) is 10.8. The summed E-state index contributed by atoms with van der Waals surface area (Å²) in [5.74, 6) is -0.181. The highest BCUT2D eigenvalue weighted by atomic mass is 32.1. The van der Waals surface area contributed by atoms with E-state index < -0.39 is 0 Å². The zero-order chi connectivity index (χ0) is 24.2. The molecule has 0 radical (unpaired) electrons. The van der Waals surface area contributed by atoms with Crippen LogP contribution in [0.5, 0.6) is 0 Å². The highest BCUT2D eigenvalue weighted by Gasteiger charge is 2.20. The van der Waals surface area contributed by atoms with Crippen LogP contribution in [0.2, 0.25) is 0 Å². The molecule has 4 nitrogen and oxygen atoms in total. The second-order valence-corrected chi connectivity index (χ2v) is 10.1. The second-order valence-electron chi connectivity index (χ2n) is 8.08. The maximum Gasteiger partial charge on any atom is 0.197 e. The van der Waals surface area contributed by atoms with Gasteiger partial charge in [0.2, 0.25) is 0 Å². The van der Waals surface area contributed by atoms with Gasteiger partial charge in [-0.05, 0) is 51.0 Å². The summed E-state index contributed by atoms with van der Waals surface area (Å²) < 4.78 is 0. The van der Waals surface area contributed by atoms with E-state index in [4.69, 9.17) is 0 Å². The Morgan fingerprint density at radius 2 is 0.971 bits per heavy atom. The lowest BCUT2D eigenvalue weighted by Gasteiger charge is -1.95. The number of aryl methyl sites for hydroxylation is 4. The lowest BCUT2D eigenvalue weighted by Crippen LogP contribution is -1.93. The fraction of sp³-hybridized carbons (Fsp3) is 0.143. The molecule has 2 heterocycles. The monoisotopic (exact) mass is 484 g/mol. The number of carbonyl (C=O) groups is 2. The molecule has 0 spiro atoms. The molecule has 6 heteroatoms. The molecule has 0 aliphatic rings. The lowest BCUT2D eigenvalue weighted by atomic mass is 10.1. The van der Waals surface area contributed by atoms with Crippen LogP contribution in [0.3, 0.4) is 0 Å². The molecule has 0 bridgehead atoms. The van der Waals surface area contributed by atoms with Gasteiger partial charge in [-0.25, -0.2) is 9.97 Å². The van der Waals surface area contributed by atoms with Crippen molar-refractivity contribution in [2.24, 2.45) is 0 Å². The maximum atomic E-state index is 12.8. The van der Waals surface area contributed by atoms with Gasteiger partial charge in [0.25, 0.3) is 0 Å². The molecule has 0 fully saturated rings. The Morgan fingerprint density at radius 1 is 0.618 bits per heavy atom. The van der Waals surface area contributed by atoms with Crippen LogP contribution in [-0.4, -0.2) is 21.5 Å². The van der Waals surface area contributed by atoms with Gasteiger partial charge in [0.1, 0.15) is 0 Å². The van der Waals surface area contributed by atoms with E-state index in [0.29, 0.717) is 31.2 Å². The molecule has 2 aromatic carbocycles. The van der Waals surface area contributed by atoms with Gasteiger partial charge in [-0.15, -0.1) is 22.7 Å². The molecular weight excluding hydrogens is 460 g/mol. The van der Waals surface area contributed by atoms with Crippen LogP contribution in [-0.2, 0) is 0 Å². The molecule has 34 heavy (non-hydrogen) atoms. The number of carbonyl (C=O) groups excluding carboxylic acids is 2. The first-order valence-corrected chi connectivity index (χ1v) is 12.5. The number of rotatable bonds is 7. The van der Waals surface area contributed by atoms with Crippen molar-refractivity contribution in [2.75, 3.05) is 0 Å². The van der Waals surface area contributed by atoms with Gasteiger partial charge in [0.05, 0.1) is 21.1 Å². The van der Waals surface area contributed by atoms with Gasteiger partial charge in [-0.1, -0.05) is 71.8 Å². The third kappa shape index (κ3) is 5.53. The average molecular weight is 485 g/mol. The summed E-state index contributed by atoms with van der Waals surface area (Å²) in [6.45, 7) is 7.70. The molecular formula is C28H24N2O2S2. The molecule has 0 saturated heterocycles. The fourth-order valence-electron chi connectivity index (χ4n) is 3.28. The maximum absolute atomic E-state index is 12.8. The van der Waals surface area contributed by atoms with Crippen LogP contribution in [0.1, 0.15) is 53.0 Å². The van der Waals surface area contributed by atoms with E-state index in [0.717, 1.165) is 11.1 Å². The van der Waals surface area contributed by atoms with Crippen LogP contribution in [0, 0.1) is 27.7 Å². The minimum atomic E-state index is -0.0903. The largest absolute Gasteiger partial charge is 0.288 e. The standard InChI is InChI=1S/C28H24N2O2S2/c1-17-5-9-21(10-6-17)13-15-23(31)25-19(3)29-27(33-25)28-30-20(4)26(34-28)24(32)16-14-22-11-7-18(2)8-12-22/h5-16H,1-4H3/b15-13-,16-14-. The van der Waals surface area contributed by atoms with E-state index >= 15 is 0 Å². The Bertz CT molecular complexity index is 1300. The summed E-state index contributed by atoms with van der Waals surface area (Å²) in [6.07, 6.45) is 6.77. The Hall–Kier alpha value is -3.48. The molecule has 0 atom stereocenters. The summed E-state index contributed by atoms with van der Waals surface area (Å²) in [6, 6.07) is 16.0. The van der Waals surface area contributed by atoms with E-state index in [1.165, 1.54) is 33.8 Å². The third-order valence-corrected chi connectivity index (χ3v) is 7.72. The van der Waals surface area contributed by atoms with E-state index in [1.807, 2.05) is 88.4 Å². The molecule has 0 aliphatic carbocycles. The van der Waals surface area contributed by atoms with E-state index in [9.17, 15) is 9.59 Å². The van der Waals surface area contributed by atoms with Crippen LogP contribution < -0.4 is 0 Å². The van der Waals surface area contributed by atoms with Crippen molar-refractivity contribution >= 4 is 46.4 Å². The van der Waals surface area contributed by atoms with Crippen molar-refractivity contribution in [1.29, 1.82) is 0 Å². The lowest BCUT2D eigenvalue weighted by molar-refractivity contribution is 0.104. The first-order chi connectivity index (χ1) is 16.3. The number of hydrogen-bond acceptors (Lipinski definition) is 6. The van der Waals surface area contributed by atoms with E-state index in [-0.39, 0.29) is 11.6 Å². The molecule has 0 N–H and O–H groups in total. The first kappa shape index (κ1) is 23.7. The van der Waals surface area contributed by atoms with Crippen molar-refractivity contribution in [3.63, 3.8) is 0 Å². The second kappa shape index (κ2) is 10.2. The topological polar surface area (TPSA) is 59.9 Å². The minimum absolute atomic E-state index is 0.0903. The molecule has 0 aliphatic heterocycles. The van der Waals surface area contributed by atoms with Crippen molar-refractivity contribution in [1.82, 2.24) is 9.97 Å². The molecule has 0 unspecified atom stereocenters. The highest BCUT2D eigenvalue weighted by molar-refractivity contribution is 7.23. The van der Waals surface area contributed by atoms with Crippen molar-refractivity contribution in [3.8, 4) is 10.0 Å². The Balaban J connectivity index is 1.52. The molecule has 2 aromatic heterocycles. The highest BCUT2D eigenvalue weighted by Crippen LogP contribution is 2.33. The van der Waals surface area contributed by atoms with Gasteiger partial charge in [-0.3, -0.25) is 9.59 Å². The van der Waals surface area contributed by atoms with Crippen LogP contribution in [0.25, 0.3) is 22.2 Å². The summed E-state index contributed by atoms with van der Waals surface area (Å²) in [7, 11) is 0. The predicted molar refractivity (Wildman–Crippen MR) is 142 cm³/mol. The Morgan fingerprint density at radius 3 is 1.32 bits per heavy atom. The summed E-state index contributed by atoms with van der Waals surface area (Å²) in [4.78, 5) is 35.8. The predicted octanol–water partition coefficient (Wildman–Crippen LogP) is 7.29. The Labute approximate surface area is 207 Å². The normalized spacial score (nSPS) is 11.5. The molecule has 4 aromatic rings. The van der Waals surface area contributed by atoms with Crippen molar-refractivity contribution in [2.45, 2.75) is 27.7 Å². The Kier molecular flexibility index (Phi) is 7.10. The van der Waals surface area contributed by atoms with Crippen LogP contribution in [0.4, 0.5) is 0 Å². The fourth-order valence-corrected chi connectivity index (χ4v) is 5.28. The molecule has 0 amide bonds. The smallest absolute Gasteiger partial charge is 0.197 e. The summed E-state index contributed by atoms with van der Waals surface area (Å²) >= 11 is 2.62. The molecule has 170 valence electrons. The van der Waals surface area contributed by atoms with Crippen molar-refractivity contribution in [3.05, 3.63) is 104 Å². The van der Waals surface area contributed by atoms with Gasteiger partial charge < -0.3 is 0 Å². The number of nitrogens with zero attached hydrogens (tertiary/aromatic N) is 2. The number of hydrogen-bond donors (Lipinski definition) is 0. The van der Waals surface area contributed by atoms with Gasteiger partial charge in [0.15, 0.2) is 21.6 Å². The number of ketones is 2. The summed E-state index contributed by atoms with van der Waals surface area (Å²) in [5.41, 5.74) is 5.62. The van der Waals surface area contributed by atoms with E-state index in [1.54, 1.807) is 12.2 Å². The SMILES string of the molecule is Cc1ccc(/C=C\C(=O)c2sc(-c3nc(C)c(C(=O)/C=C\c4ccc(C)cc4)s3)nc2C)cc1. The van der Waals surface area contributed by atoms with Gasteiger partial charge >= 0.3 is 0 Å². The van der Waals surface area contributed by atoms with Crippen LogP contribution >= 0.6 is 22.7 Å². The average Bonchev–Trinajstić information content (AvgIpc) is 3.40. The van der Waals surface area contributed by atoms with Crippen molar-refractivity contribution < 1.29 is 9.59 Å². The zero-order valence-electron chi connectivity index (χ0n) is 19.5. The number of thiazole rings is 2. The van der Waals surface area contributed by atoms with Gasteiger partial charge in [-0.2, -0.15) is 0 Å². The number of aromatic nitrogens is 2. The van der Waals surface area contributed by atoms with E-state index in [2.05, 4.69) is 9.97 Å². The minimum Gasteiger partial charge on any atom is -0.288 e. The third-order valence-electron chi connectivity index (χ3n) is 5.23. The zero-order valence-corrected chi connectivity index (χ0v) is 21.1. The molecule has 0 saturated carbocycles. The summed E-state index contributed by atoms with van der Waals surface area (Å²) in [5, 5.41) is 1.30. The van der Waals surface area contributed by atoms with Gasteiger partial charge in [0, 0.05) is 0 Å².